The third-order valence-corrected chi connectivity index (χ3v) is 6.52. The Morgan fingerprint density at radius 1 is 1.07 bits per heavy atom. The third kappa shape index (κ3) is 4.95. The standard InChI is InChI=1S/C25H35NO2/c1-5-24(3)19-25(15-17-28-24,22-10-6-20(2)7-11-22)14-16-26-18-21-8-12-23(27-4)13-9-21/h6-13,26H,5,14-19H2,1-4H3/p+1/t24-,25+/m1/s1. The molecule has 3 rings (SSSR count). The van der Waals surface area contributed by atoms with E-state index in [9.17, 15) is 0 Å². The Kier molecular flexibility index (Phi) is 6.79. The third-order valence-electron chi connectivity index (χ3n) is 6.52. The summed E-state index contributed by atoms with van der Waals surface area (Å²) in [6, 6.07) is 17.6. The van der Waals surface area contributed by atoms with Gasteiger partial charge < -0.3 is 14.8 Å². The van der Waals surface area contributed by atoms with Crippen molar-refractivity contribution in [3.8, 4) is 5.75 Å². The fourth-order valence-electron chi connectivity index (χ4n) is 4.50. The van der Waals surface area contributed by atoms with Crippen LogP contribution in [-0.2, 0) is 16.7 Å². The van der Waals surface area contributed by atoms with Crippen LogP contribution >= 0.6 is 0 Å². The van der Waals surface area contributed by atoms with E-state index in [1.54, 1.807) is 7.11 Å². The van der Waals surface area contributed by atoms with Crippen LogP contribution in [-0.4, -0.2) is 25.9 Å². The van der Waals surface area contributed by atoms with Gasteiger partial charge in [-0.3, -0.25) is 0 Å². The molecule has 2 aromatic carbocycles. The molecule has 0 saturated carbocycles. The van der Waals surface area contributed by atoms with Gasteiger partial charge in [-0.15, -0.1) is 0 Å². The maximum atomic E-state index is 6.19. The average molecular weight is 383 g/mol. The number of hydrogen-bond donors (Lipinski definition) is 1. The molecule has 3 heteroatoms. The number of nitrogens with two attached hydrogens (primary N) is 1. The number of hydrogen-bond acceptors (Lipinski definition) is 2. The molecule has 1 heterocycles. The molecule has 2 aromatic rings. The molecule has 0 amide bonds. The molecule has 1 aliphatic heterocycles. The quantitative estimate of drug-likeness (QED) is 0.688. The van der Waals surface area contributed by atoms with E-state index in [0.717, 1.165) is 44.7 Å². The molecule has 0 radical (unpaired) electrons. The molecular formula is C25H36NO2+. The van der Waals surface area contributed by atoms with E-state index in [4.69, 9.17) is 9.47 Å². The van der Waals surface area contributed by atoms with Crippen LogP contribution in [0.2, 0.25) is 0 Å². The predicted molar refractivity (Wildman–Crippen MR) is 115 cm³/mol. The second-order valence-electron chi connectivity index (χ2n) is 8.60. The number of quaternary nitrogens is 1. The normalized spacial score (nSPS) is 24.9. The molecule has 1 fully saturated rings. The molecule has 1 saturated heterocycles. The molecule has 28 heavy (non-hydrogen) atoms. The van der Waals surface area contributed by atoms with Gasteiger partial charge in [0.05, 0.1) is 19.3 Å². The summed E-state index contributed by atoms with van der Waals surface area (Å²) in [5.74, 6) is 0.920. The first-order chi connectivity index (χ1) is 13.5. The summed E-state index contributed by atoms with van der Waals surface area (Å²) < 4.78 is 11.4. The lowest BCUT2D eigenvalue weighted by Gasteiger charge is -2.46. The lowest BCUT2D eigenvalue weighted by atomic mass is 9.66. The van der Waals surface area contributed by atoms with Gasteiger partial charge in [0.25, 0.3) is 0 Å². The summed E-state index contributed by atoms with van der Waals surface area (Å²) in [6.45, 7) is 9.70. The minimum Gasteiger partial charge on any atom is -0.497 e. The fourth-order valence-corrected chi connectivity index (χ4v) is 4.50. The molecular weight excluding hydrogens is 346 g/mol. The van der Waals surface area contributed by atoms with Crippen molar-refractivity contribution in [3.05, 3.63) is 65.2 Å². The van der Waals surface area contributed by atoms with Crippen molar-refractivity contribution in [3.63, 3.8) is 0 Å². The van der Waals surface area contributed by atoms with Gasteiger partial charge in [0.2, 0.25) is 0 Å². The summed E-state index contributed by atoms with van der Waals surface area (Å²) in [4.78, 5) is 0. The molecule has 1 aliphatic rings. The van der Waals surface area contributed by atoms with Crippen LogP contribution in [0.5, 0.6) is 5.75 Å². The molecule has 0 unspecified atom stereocenters. The maximum Gasteiger partial charge on any atom is 0.118 e. The minimum atomic E-state index is -0.0148. The van der Waals surface area contributed by atoms with Crippen LogP contribution in [0.3, 0.4) is 0 Å². The topological polar surface area (TPSA) is 35.1 Å². The van der Waals surface area contributed by atoms with Crippen LogP contribution in [0, 0.1) is 6.92 Å². The first kappa shape index (κ1) is 20.9. The lowest BCUT2D eigenvalue weighted by Crippen LogP contribution is -2.83. The number of benzene rings is 2. The van der Waals surface area contributed by atoms with E-state index in [-0.39, 0.29) is 11.0 Å². The summed E-state index contributed by atoms with van der Waals surface area (Å²) in [5, 5.41) is 2.44. The van der Waals surface area contributed by atoms with Crippen molar-refractivity contribution in [2.45, 2.75) is 64.0 Å². The Morgan fingerprint density at radius 2 is 1.79 bits per heavy atom. The van der Waals surface area contributed by atoms with Gasteiger partial charge in [-0.05, 0) is 62.9 Å². The zero-order valence-corrected chi connectivity index (χ0v) is 18.0. The largest absolute Gasteiger partial charge is 0.497 e. The Balaban J connectivity index is 1.68. The van der Waals surface area contributed by atoms with Crippen LogP contribution in [0.1, 0.15) is 56.2 Å². The van der Waals surface area contributed by atoms with Crippen molar-refractivity contribution in [1.82, 2.24) is 0 Å². The van der Waals surface area contributed by atoms with Gasteiger partial charge in [-0.2, -0.15) is 0 Å². The Bertz CT molecular complexity index is 740. The molecule has 0 aliphatic carbocycles. The van der Waals surface area contributed by atoms with Gasteiger partial charge >= 0.3 is 0 Å². The zero-order valence-electron chi connectivity index (χ0n) is 18.0. The first-order valence-electron chi connectivity index (χ1n) is 10.6. The second kappa shape index (κ2) is 9.11. The molecule has 0 aromatic heterocycles. The molecule has 3 nitrogen and oxygen atoms in total. The van der Waals surface area contributed by atoms with Gasteiger partial charge in [-0.1, -0.05) is 36.8 Å². The highest BCUT2D eigenvalue weighted by atomic mass is 16.5. The van der Waals surface area contributed by atoms with Crippen molar-refractivity contribution in [2.24, 2.45) is 0 Å². The van der Waals surface area contributed by atoms with E-state index in [2.05, 4.69) is 62.5 Å². The highest BCUT2D eigenvalue weighted by molar-refractivity contribution is 5.30. The highest BCUT2D eigenvalue weighted by Crippen LogP contribution is 2.45. The zero-order chi connectivity index (χ0) is 20.0. The molecule has 2 N–H and O–H groups in total. The van der Waals surface area contributed by atoms with Crippen molar-refractivity contribution in [1.29, 1.82) is 0 Å². The minimum absolute atomic E-state index is 0.0148. The van der Waals surface area contributed by atoms with Crippen molar-refractivity contribution >= 4 is 0 Å². The van der Waals surface area contributed by atoms with Gasteiger partial charge in [0, 0.05) is 24.0 Å². The van der Waals surface area contributed by atoms with Crippen LogP contribution in [0.15, 0.2) is 48.5 Å². The Morgan fingerprint density at radius 3 is 2.43 bits per heavy atom. The predicted octanol–water partition coefficient (Wildman–Crippen LogP) is 4.37. The van der Waals surface area contributed by atoms with Gasteiger partial charge in [0.1, 0.15) is 12.3 Å². The van der Waals surface area contributed by atoms with E-state index in [1.807, 2.05) is 12.1 Å². The van der Waals surface area contributed by atoms with Crippen LogP contribution in [0.4, 0.5) is 0 Å². The smallest absolute Gasteiger partial charge is 0.118 e. The summed E-state index contributed by atoms with van der Waals surface area (Å²) >= 11 is 0. The molecule has 0 bridgehead atoms. The average Bonchev–Trinajstić information content (AvgIpc) is 2.72. The highest BCUT2D eigenvalue weighted by Gasteiger charge is 2.43. The summed E-state index contributed by atoms with van der Waals surface area (Å²) in [5.41, 5.74) is 4.36. The van der Waals surface area contributed by atoms with E-state index in [1.165, 1.54) is 23.1 Å². The van der Waals surface area contributed by atoms with Crippen molar-refractivity contribution in [2.75, 3.05) is 20.3 Å². The van der Waals surface area contributed by atoms with Crippen molar-refractivity contribution < 1.29 is 14.8 Å². The monoisotopic (exact) mass is 382 g/mol. The van der Waals surface area contributed by atoms with E-state index >= 15 is 0 Å². The van der Waals surface area contributed by atoms with E-state index in [0.29, 0.717) is 0 Å². The van der Waals surface area contributed by atoms with Gasteiger partial charge in [-0.25, -0.2) is 0 Å². The number of rotatable bonds is 8. The Labute approximate surface area is 170 Å². The fraction of sp³-hybridized carbons (Fsp3) is 0.520. The maximum absolute atomic E-state index is 6.19. The van der Waals surface area contributed by atoms with Crippen LogP contribution in [0.25, 0.3) is 0 Å². The number of ether oxygens (including phenoxy) is 2. The SMILES string of the molecule is CC[C@]1(C)C[C@@](CC[NH2+]Cc2ccc(OC)cc2)(c2ccc(C)cc2)CCO1. The number of methoxy groups -OCH3 is 1. The van der Waals surface area contributed by atoms with Gasteiger partial charge in [0.15, 0.2) is 0 Å². The lowest BCUT2D eigenvalue weighted by molar-refractivity contribution is -0.672. The second-order valence-corrected chi connectivity index (χ2v) is 8.60. The molecule has 152 valence electrons. The molecule has 2 atom stereocenters. The molecule has 0 spiro atoms. The number of aryl methyl sites for hydroxylation is 1. The first-order valence-corrected chi connectivity index (χ1v) is 10.6. The summed E-state index contributed by atoms with van der Waals surface area (Å²) in [7, 11) is 1.71. The summed E-state index contributed by atoms with van der Waals surface area (Å²) in [6.07, 6.45) is 4.47. The van der Waals surface area contributed by atoms with E-state index < -0.39 is 0 Å². The van der Waals surface area contributed by atoms with Crippen LogP contribution < -0.4 is 10.1 Å². The Hall–Kier alpha value is -1.84.